The molecule has 0 saturated heterocycles. The number of carbonyl (C=O) groups excluding carboxylic acids is 1. The van der Waals surface area contributed by atoms with Crippen LogP contribution < -0.4 is 5.32 Å². The Morgan fingerprint density at radius 1 is 1.26 bits per heavy atom. The van der Waals surface area contributed by atoms with Gasteiger partial charge < -0.3 is 5.32 Å². The molecule has 23 heavy (non-hydrogen) atoms. The summed E-state index contributed by atoms with van der Waals surface area (Å²) in [6, 6.07) is 8.13. The number of thiazole rings is 1. The Bertz CT molecular complexity index is 835. The van der Waals surface area contributed by atoms with Gasteiger partial charge in [0.25, 0.3) is 5.91 Å². The number of hydrogen-bond acceptors (Lipinski definition) is 4. The van der Waals surface area contributed by atoms with Crippen molar-refractivity contribution in [3.05, 3.63) is 56.7 Å². The molecule has 0 fully saturated rings. The second kappa shape index (κ2) is 6.64. The first-order valence-corrected chi connectivity index (χ1v) is 9.26. The first kappa shape index (κ1) is 15.9. The molecular weight excluding hydrogens is 324 g/mol. The van der Waals surface area contributed by atoms with E-state index in [2.05, 4.69) is 28.7 Å². The number of benzene rings is 1. The van der Waals surface area contributed by atoms with E-state index in [0.717, 1.165) is 39.5 Å². The number of rotatable bonds is 4. The van der Waals surface area contributed by atoms with E-state index >= 15 is 0 Å². The van der Waals surface area contributed by atoms with Crippen LogP contribution in [0.4, 0.5) is 5.69 Å². The van der Waals surface area contributed by atoms with E-state index in [9.17, 15) is 4.79 Å². The van der Waals surface area contributed by atoms with Crippen LogP contribution in [0.3, 0.4) is 0 Å². The predicted octanol–water partition coefficient (Wildman–Crippen LogP) is 5.30. The maximum absolute atomic E-state index is 12.7. The minimum absolute atomic E-state index is 0.0783. The number of hydrogen-bond donors (Lipinski definition) is 1. The van der Waals surface area contributed by atoms with Crippen molar-refractivity contribution in [2.45, 2.75) is 27.2 Å². The molecule has 3 nitrogen and oxygen atoms in total. The van der Waals surface area contributed by atoms with Gasteiger partial charge in [0, 0.05) is 16.6 Å². The Morgan fingerprint density at radius 3 is 2.78 bits per heavy atom. The Balaban J connectivity index is 1.90. The van der Waals surface area contributed by atoms with Crippen LogP contribution in [-0.2, 0) is 6.42 Å². The van der Waals surface area contributed by atoms with E-state index in [0.29, 0.717) is 4.88 Å². The van der Waals surface area contributed by atoms with Gasteiger partial charge >= 0.3 is 0 Å². The molecule has 1 N–H and O–H groups in total. The second-order valence-corrected chi connectivity index (χ2v) is 7.14. The van der Waals surface area contributed by atoms with Gasteiger partial charge in [-0.1, -0.05) is 25.1 Å². The monoisotopic (exact) mass is 342 g/mol. The number of carbonyl (C=O) groups is 1. The fraction of sp³-hybridized carbons (Fsp3) is 0.222. The third-order valence-electron chi connectivity index (χ3n) is 3.75. The zero-order valence-electron chi connectivity index (χ0n) is 13.3. The van der Waals surface area contributed by atoms with Gasteiger partial charge in [0.05, 0.1) is 5.69 Å². The smallest absolute Gasteiger partial charge is 0.267 e. The highest BCUT2D eigenvalue weighted by Gasteiger charge is 2.18. The van der Waals surface area contributed by atoms with Crippen LogP contribution in [-0.4, -0.2) is 10.9 Å². The third kappa shape index (κ3) is 3.21. The van der Waals surface area contributed by atoms with E-state index in [4.69, 9.17) is 0 Å². The van der Waals surface area contributed by atoms with Crippen molar-refractivity contribution in [1.82, 2.24) is 4.98 Å². The molecule has 0 atom stereocenters. The highest BCUT2D eigenvalue weighted by atomic mass is 32.1. The number of aromatic nitrogens is 1. The van der Waals surface area contributed by atoms with Crippen LogP contribution >= 0.6 is 22.7 Å². The lowest BCUT2D eigenvalue weighted by molar-refractivity contribution is 0.102. The highest BCUT2D eigenvalue weighted by Crippen LogP contribution is 2.30. The van der Waals surface area contributed by atoms with Crippen molar-refractivity contribution in [2.75, 3.05) is 5.32 Å². The molecule has 0 unspecified atom stereocenters. The summed E-state index contributed by atoms with van der Waals surface area (Å²) in [5.74, 6) is -0.0783. The quantitative estimate of drug-likeness (QED) is 0.699. The Kier molecular flexibility index (Phi) is 4.59. The molecule has 0 spiro atoms. The van der Waals surface area contributed by atoms with Gasteiger partial charge in [-0.05, 0) is 42.8 Å². The van der Waals surface area contributed by atoms with Crippen molar-refractivity contribution in [1.29, 1.82) is 0 Å². The van der Waals surface area contributed by atoms with Crippen molar-refractivity contribution in [2.24, 2.45) is 0 Å². The van der Waals surface area contributed by atoms with Crippen LogP contribution in [0, 0.1) is 13.8 Å². The molecular formula is C18H18N2OS2. The summed E-state index contributed by atoms with van der Waals surface area (Å²) in [7, 11) is 0. The first-order chi connectivity index (χ1) is 11.1. The van der Waals surface area contributed by atoms with Gasteiger partial charge in [-0.2, -0.15) is 11.3 Å². The molecule has 0 aliphatic heterocycles. The first-order valence-electron chi connectivity index (χ1n) is 7.50. The van der Waals surface area contributed by atoms with Gasteiger partial charge in [-0.3, -0.25) is 4.79 Å². The zero-order chi connectivity index (χ0) is 16.4. The Hall–Kier alpha value is -1.98. The van der Waals surface area contributed by atoms with Gasteiger partial charge in [-0.15, -0.1) is 11.3 Å². The summed E-state index contributed by atoms with van der Waals surface area (Å²) in [6.45, 7) is 6.00. The largest absolute Gasteiger partial charge is 0.321 e. The molecule has 1 aromatic carbocycles. The molecule has 2 heterocycles. The highest BCUT2D eigenvalue weighted by molar-refractivity contribution is 7.17. The topological polar surface area (TPSA) is 42.0 Å². The molecule has 118 valence electrons. The van der Waals surface area contributed by atoms with Gasteiger partial charge in [-0.25, -0.2) is 4.98 Å². The lowest BCUT2D eigenvalue weighted by Gasteiger charge is -2.12. The minimum Gasteiger partial charge on any atom is -0.321 e. The SMILES string of the molecule is CCc1cccc(C)c1NC(=O)c1sc(-c2ccsc2)nc1C. The lowest BCUT2D eigenvalue weighted by atomic mass is 10.1. The van der Waals surface area contributed by atoms with Crippen LogP contribution in [0.25, 0.3) is 10.6 Å². The molecule has 5 heteroatoms. The summed E-state index contributed by atoms with van der Waals surface area (Å²) in [5, 5.41) is 8.05. The van der Waals surface area contributed by atoms with Crippen molar-refractivity contribution in [3.63, 3.8) is 0 Å². The summed E-state index contributed by atoms with van der Waals surface area (Å²) < 4.78 is 0. The van der Waals surface area contributed by atoms with E-state index in [1.165, 1.54) is 11.3 Å². The number of nitrogens with zero attached hydrogens (tertiary/aromatic N) is 1. The van der Waals surface area contributed by atoms with Crippen molar-refractivity contribution >= 4 is 34.3 Å². The van der Waals surface area contributed by atoms with Crippen LogP contribution in [0.2, 0.25) is 0 Å². The van der Waals surface area contributed by atoms with Gasteiger partial charge in [0.2, 0.25) is 0 Å². The normalized spacial score (nSPS) is 10.7. The number of amides is 1. The third-order valence-corrected chi connectivity index (χ3v) is 5.64. The molecule has 0 aliphatic carbocycles. The number of aryl methyl sites for hydroxylation is 3. The van der Waals surface area contributed by atoms with E-state index in [1.807, 2.05) is 37.4 Å². The minimum atomic E-state index is -0.0783. The molecule has 1 amide bonds. The fourth-order valence-corrected chi connectivity index (χ4v) is 4.16. The van der Waals surface area contributed by atoms with Gasteiger partial charge in [0.15, 0.2) is 0 Å². The molecule has 3 aromatic rings. The lowest BCUT2D eigenvalue weighted by Crippen LogP contribution is -2.14. The number of nitrogens with one attached hydrogen (secondary N) is 1. The molecule has 0 bridgehead atoms. The molecule has 3 rings (SSSR count). The average molecular weight is 342 g/mol. The summed E-state index contributed by atoms with van der Waals surface area (Å²) in [4.78, 5) is 17.9. The number of para-hydroxylation sites is 1. The molecule has 2 aromatic heterocycles. The van der Waals surface area contributed by atoms with E-state index in [1.54, 1.807) is 11.3 Å². The fourth-order valence-electron chi connectivity index (χ4n) is 2.49. The zero-order valence-corrected chi connectivity index (χ0v) is 15.0. The summed E-state index contributed by atoms with van der Waals surface area (Å²) in [5.41, 5.74) is 5.01. The summed E-state index contributed by atoms with van der Waals surface area (Å²) >= 11 is 3.08. The van der Waals surface area contributed by atoms with E-state index < -0.39 is 0 Å². The van der Waals surface area contributed by atoms with Crippen LogP contribution in [0.15, 0.2) is 35.0 Å². The standard InChI is InChI=1S/C18H18N2OS2/c1-4-13-7-5-6-11(2)15(13)20-17(21)16-12(3)19-18(23-16)14-8-9-22-10-14/h5-10H,4H2,1-3H3,(H,20,21). The maximum Gasteiger partial charge on any atom is 0.267 e. The molecule has 0 saturated carbocycles. The van der Waals surface area contributed by atoms with Crippen molar-refractivity contribution in [3.8, 4) is 10.6 Å². The number of anilines is 1. The average Bonchev–Trinajstić information content (AvgIpc) is 3.18. The Morgan fingerprint density at radius 2 is 2.09 bits per heavy atom. The van der Waals surface area contributed by atoms with Crippen LogP contribution in [0.5, 0.6) is 0 Å². The molecule has 0 aliphatic rings. The maximum atomic E-state index is 12.7. The second-order valence-electron chi connectivity index (χ2n) is 5.36. The van der Waals surface area contributed by atoms with Crippen LogP contribution in [0.1, 0.15) is 33.4 Å². The number of thiophene rings is 1. The van der Waals surface area contributed by atoms with E-state index in [-0.39, 0.29) is 5.91 Å². The van der Waals surface area contributed by atoms with Gasteiger partial charge in [0.1, 0.15) is 9.88 Å². The van der Waals surface area contributed by atoms with Crippen molar-refractivity contribution < 1.29 is 4.79 Å². The predicted molar refractivity (Wildman–Crippen MR) is 98.7 cm³/mol. The summed E-state index contributed by atoms with van der Waals surface area (Å²) in [6.07, 6.45) is 0.888. The Labute approximate surface area is 144 Å². The molecule has 0 radical (unpaired) electrons.